The van der Waals surface area contributed by atoms with Gasteiger partial charge in [-0.15, -0.1) is 0 Å². The topological polar surface area (TPSA) is 70.0 Å². The molecule has 1 rings (SSSR count). The molecule has 1 unspecified atom stereocenters. The van der Waals surface area contributed by atoms with Crippen molar-refractivity contribution in [2.24, 2.45) is 5.92 Å². The highest BCUT2D eigenvalue weighted by molar-refractivity contribution is 6.47. The second-order valence-corrected chi connectivity index (χ2v) is 5.63. The van der Waals surface area contributed by atoms with Crippen LogP contribution in [-0.2, 0) is 4.74 Å². The average Bonchev–Trinajstić information content (AvgIpc) is 2.24. The summed E-state index contributed by atoms with van der Waals surface area (Å²) in [5.74, 6) is 1.50. The van der Waals surface area contributed by atoms with Crippen LogP contribution < -0.4 is 0 Å². The molecule has 0 aliphatic carbocycles. The normalized spacial score (nSPS) is 21.2. The number of hydrogen-bond donors (Lipinski definition) is 2. The third-order valence-corrected chi connectivity index (χ3v) is 2.66. The molecule has 1 saturated heterocycles. The van der Waals surface area contributed by atoms with Gasteiger partial charge in [0, 0.05) is 13.1 Å². The standard InChI is InChI=1S/C12H22BNO4/c1-12(2,3)18-11(15)14-8-4-5-10(9-14)6-7-13(16)17/h6-7,10,16-17H,4-5,8-9H2,1-3H3/b7-6+. The van der Waals surface area contributed by atoms with Crippen molar-refractivity contribution < 1.29 is 19.6 Å². The summed E-state index contributed by atoms with van der Waals surface area (Å²) in [6.07, 6.45) is 3.30. The molecule has 0 spiro atoms. The smallest absolute Gasteiger partial charge is 0.444 e. The summed E-state index contributed by atoms with van der Waals surface area (Å²) in [5.41, 5.74) is -0.485. The molecule has 0 bridgehead atoms. The van der Waals surface area contributed by atoms with Gasteiger partial charge in [0.2, 0.25) is 0 Å². The van der Waals surface area contributed by atoms with Crippen LogP contribution in [0.25, 0.3) is 0 Å². The predicted molar refractivity (Wildman–Crippen MR) is 69.9 cm³/mol. The highest BCUT2D eigenvalue weighted by atomic mass is 16.6. The van der Waals surface area contributed by atoms with E-state index < -0.39 is 12.7 Å². The van der Waals surface area contributed by atoms with Crippen LogP contribution in [0.3, 0.4) is 0 Å². The Morgan fingerprint density at radius 1 is 1.44 bits per heavy atom. The van der Waals surface area contributed by atoms with Gasteiger partial charge in [-0.3, -0.25) is 0 Å². The molecule has 0 aromatic carbocycles. The van der Waals surface area contributed by atoms with Gasteiger partial charge < -0.3 is 19.7 Å². The Kier molecular flexibility index (Phi) is 5.22. The maximum atomic E-state index is 11.9. The minimum atomic E-state index is -1.43. The number of hydrogen-bond acceptors (Lipinski definition) is 4. The fraction of sp³-hybridized carbons (Fsp3) is 0.750. The van der Waals surface area contributed by atoms with E-state index in [0.717, 1.165) is 12.8 Å². The first-order chi connectivity index (χ1) is 8.28. The van der Waals surface area contributed by atoms with Gasteiger partial charge in [0.1, 0.15) is 5.60 Å². The molecule has 1 aliphatic heterocycles. The molecule has 1 aliphatic rings. The lowest BCUT2D eigenvalue weighted by Crippen LogP contribution is -2.42. The first kappa shape index (κ1) is 15.1. The van der Waals surface area contributed by atoms with E-state index in [4.69, 9.17) is 14.8 Å². The van der Waals surface area contributed by atoms with E-state index in [2.05, 4.69) is 0 Å². The van der Waals surface area contributed by atoms with Crippen LogP contribution in [0.15, 0.2) is 12.1 Å². The monoisotopic (exact) mass is 255 g/mol. The SMILES string of the molecule is CC(C)(C)OC(=O)N1CCCC(/C=C/B(O)O)C1. The number of nitrogens with zero attached hydrogens (tertiary/aromatic N) is 1. The number of carbonyl (C=O) groups excluding carboxylic acids is 1. The Morgan fingerprint density at radius 2 is 2.11 bits per heavy atom. The zero-order chi connectivity index (χ0) is 13.8. The Bertz CT molecular complexity index is 312. The van der Waals surface area contributed by atoms with Crippen LogP contribution in [0, 0.1) is 5.92 Å². The molecule has 18 heavy (non-hydrogen) atoms. The van der Waals surface area contributed by atoms with Crippen molar-refractivity contribution in [2.45, 2.75) is 39.2 Å². The van der Waals surface area contributed by atoms with Gasteiger partial charge >= 0.3 is 13.2 Å². The zero-order valence-corrected chi connectivity index (χ0v) is 11.3. The van der Waals surface area contributed by atoms with Gasteiger partial charge in [-0.05, 0) is 39.5 Å². The van der Waals surface area contributed by atoms with Crippen LogP contribution in [0.2, 0.25) is 0 Å². The van der Waals surface area contributed by atoms with Gasteiger partial charge in [-0.2, -0.15) is 0 Å². The third kappa shape index (κ3) is 5.55. The summed E-state index contributed by atoms with van der Waals surface area (Å²) in [6, 6.07) is 0. The van der Waals surface area contributed by atoms with E-state index in [0.29, 0.717) is 13.1 Å². The number of piperidine rings is 1. The molecule has 5 nitrogen and oxygen atoms in total. The maximum Gasteiger partial charge on any atom is 0.480 e. The van der Waals surface area contributed by atoms with E-state index in [1.807, 2.05) is 20.8 Å². The van der Waals surface area contributed by atoms with E-state index >= 15 is 0 Å². The minimum absolute atomic E-state index is 0.160. The van der Waals surface area contributed by atoms with Crippen LogP contribution in [0.1, 0.15) is 33.6 Å². The maximum absolute atomic E-state index is 11.9. The predicted octanol–water partition coefficient (Wildman–Crippen LogP) is 1.20. The number of carbonyl (C=O) groups is 1. The van der Waals surface area contributed by atoms with Gasteiger partial charge in [0.15, 0.2) is 0 Å². The van der Waals surface area contributed by atoms with E-state index in [9.17, 15) is 4.79 Å². The fourth-order valence-electron chi connectivity index (χ4n) is 1.92. The van der Waals surface area contributed by atoms with Crippen LogP contribution in [0.5, 0.6) is 0 Å². The van der Waals surface area contributed by atoms with Crippen LogP contribution >= 0.6 is 0 Å². The summed E-state index contributed by atoms with van der Waals surface area (Å²) in [5, 5.41) is 17.5. The molecule has 102 valence electrons. The summed E-state index contributed by atoms with van der Waals surface area (Å²) in [6.45, 7) is 6.79. The Hall–Kier alpha value is -1.01. The van der Waals surface area contributed by atoms with E-state index in [1.165, 1.54) is 5.98 Å². The lowest BCUT2D eigenvalue weighted by molar-refractivity contribution is 0.0187. The van der Waals surface area contributed by atoms with E-state index in [-0.39, 0.29) is 12.0 Å². The lowest BCUT2D eigenvalue weighted by Gasteiger charge is -2.33. The molecule has 1 heterocycles. The highest BCUT2D eigenvalue weighted by Crippen LogP contribution is 2.20. The number of likely N-dealkylation sites (tertiary alicyclic amines) is 1. The molecule has 0 aromatic heterocycles. The molecule has 0 radical (unpaired) electrons. The summed E-state index contributed by atoms with van der Waals surface area (Å²) in [4.78, 5) is 13.6. The summed E-state index contributed by atoms with van der Waals surface area (Å²) >= 11 is 0. The second kappa shape index (κ2) is 6.25. The molecule has 1 atom stereocenters. The molecular formula is C12H22BNO4. The Balaban J connectivity index is 2.50. The second-order valence-electron chi connectivity index (χ2n) is 5.63. The minimum Gasteiger partial charge on any atom is -0.444 e. The first-order valence-corrected chi connectivity index (χ1v) is 6.30. The van der Waals surface area contributed by atoms with Gasteiger partial charge in [0.25, 0.3) is 0 Å². The van der Waals surface area contributed by atoms with Gasteiger partial charge in [-0.1, -0.05) is 12.1 Å². The van der Waals surface area contributed by atoms with Crippen molar-refractivity contribution in [2.75, 3.05) is 13.1 Å². The quantitative estimate of drug-likeness (QED) is 0.727. The van der Waals surface area contributed by atoms with Crippen molar-refractivity contribution in [3.05, 3.63) is 12.1 Å². The first-order valence-electron chi connectivity index (χ1n) is 6.30. The molecular weight excluding hydrogens is 233 g/mol. The molecule has 0 aromatic rings. The summed E-state index contributed by atoms with van der Waals surface area (Å²) in [7, 11) is -1.43. The van der Waals surface area contributed by atoms with Crippen molar-refractivity contribution in [3.63, 3.8) is 0 Å². The molecule has 0 saturated carbocycles. The zero-order valence-electron chi connectivity index (χ0n) is 11.3. The highest BCUT2D eigenvalue weighted by Gasteiger charge is 2.26. The Labute approximate surface area is 109 Å². The Morgan fingerprint density at radius 3 is 2.67 bits per heavy atom. The van der Waals surface area contributed by atoms with Crippen LogP contribution in [-0.4, -0.2) is 46.9 Å². The van der Waals surface area contributed by atoms with E-state index in [1.54, 1.807) is 11.0 Å². The molecule has 1 fully saturated rings. The number of amides is 1. The largest absolute Gasteiger partial charge is 0.480 e. The van der Waals surface area contributed by atoms with Crippen molar-refractivity contribution in [1.82, 2.24) is 4.90 Å². The van der Waals surface area contributed by atoms with Crippen LogP contribution in [0.4, 0.5) is 4.79 Å². The van der Waals surface area contributed by atoms with Gasteiger partial charge in [-0.25, -0.2) is 4.79 Å². The van der Waals surface area contributed by atoms with Crippen molar-refractivity contribution in [1.29, 1.82) is 0 Å². The average molecular weight is 255 g/mol. The van der Waals surface area contributed by atoms with Crippen molar-refractivity contribution in [3.8, 4) is 0 Å². The van der Waals surface area contributed by atoms with Gasteiger partial charge in [0.05, 0.1) is 0 Å². The number of rotatable bonds is 2. The molecule has 1 amide bonds. The third-order valence-electron chi connectivity index (χ3n) is 2.66. The molecule has 2 N–H and O–H groups in total. The lowest BCUT2D eigenvalue weighted by atomic mass is 9.87. The van der Waals surface area contributed by atoms with Crippen molar-refractivity contribution >= 4 is 13.2 Å². The fourth-order valence-corrected chi connectivity index (χ4v) is 1.92. The summed E-state index contributed by atoms with van der Waals surface area (Å²) < 4.78 is 5.32. The molecule has 6 heteroatoms. The number of ether oxygens (including phenoxy) is 1.